The van der Waals surface area contributed by atoms with Crippen molar-refractivity contribution in [2.24, 2.45) is 0 Å². The molecule has 1 N–H and O–H groups in total. The van der Waals surface area contributed by atoms with Crippen LogP contribution in [0.1, 0.15) is 42.4 Å². The van der Waals surface area contributed by atoms with Crippen molar-refractivity contribution in [2.45, 2.75) is 47.8 Å². The molecule has 2 aromatic carbocycles. The minimum Gasteiger partial charge on any atom is -0.407 e. The molecule has 0 radical (unpaired) electrons. The molecule has 8 nitrogen and oxygen atoms in total. The molecule has 4 rings (SSSR count). The Morgan fingerprint density at radius 2 is 1.88 bits per heavy atom. The van der Waals surface area contributed by atoms with Crippen molar-refractivity contribution >= 4 is 33.7 Å². The van der Waals surface area contributed by atoms with Gasteiger partial charge in [-0.05, 0) is 56.2 Å². The number of aromatic nitrogens is 2. The molecule has 0 saturated carbocycles. The lowest BCUT2D eigenvalue weighted by Crippen LogP contribution is -2.41. The van der Waals surface area contributed by atoms with E-state index < -0.39 is 15.9 Å². The van der Waals surface area contributed by atoms with Gasteiger partial charge in [-0.2, -0.15) is 4.31 Å². The number of thioether (sulfide) groups is 1. The molecule has 1 saturated heterocycles. The Morgan fingerprint density at radius 3 is 2.59 bits per heavy atom. The topological polar surface area (TPSA) is 105 Å². The number of nitrogens with one attached hydrogen (secondary N) is 1. The summed E-state index contributed by atoms with van der Waals surface area (Å²) in [6.07, 6.45) is 2.75. The van der Waals surface area contributed by atoms with Gasteiger partial charge in [0.05, 0.1) is 10.6 Å². The second-order valence-corrected chi connectivity index (χ2v) is 10.5. The van der Waals surface area contributed by atoms with Gasteiger partial charge in [-0.1, -0.05) is 29.7 Å². The molecule has 32 heavy (non-hydrogen) atoms. The van der Waals surface area contributed by atoms with Gasteiger partial charge in [-0.3, -0.25) is 10.1 Å². The average Bonchev–Trinajstić information content (AvgIpc) is 3.26. The zero-order valence-electron chi connectivity index (χ0n) is 17.6. The molecule has 3 aromatic rings. The van der Waals surface area contributed by atoms with Crippen LogP contribution in [0.2, 0.25) is 0 Å². The largest absolute Gasteiger partial charge is 0.407 e. The molecule has 0 bridgehead atoms. The minimum atomic E-state index is -3.58. The number of piperidine rings is 1. The van der Waals surface area contributed by atoms with Gasteiger partial charge in [0.2, 0.25) is 15.9 Å². The fourth-order valence-corrected chi connectivity index (χ4v) is 5.99. The van der Waals surface area contributed by atoms with Crippen LogP contribution >= 0.6 is 11.8 Å². The van der Waals surface area contributed by atoms with E-state index >= 15 is 0 Å². The van der Waals surface area contributed by atoms with E-state index in [2.05, 4.69) is 15.5 Å². The average molecular weight is 473 g/mol. The Bertz CT molecular complexity index is 1160. The van der Waals surface area contributed by atoms with Crippen LogP contribution in [-0.2, 0) is 15.8 Å². The molecule has 1 amide bonds. The lowest BCUT2D eigenvalue weighted by Gasteiger charge is -2.32. The van der Waals surface area contributed by atoms with Gasteiger partial charge >= 0.3 is 6.01 Å². The van der Waals surface area contributed by atoms with E-state index in [-0.39, 0.29) is 17.0 Å². The smallest absolute Gasteiger partial charge is 0.322 e. The summed E-state index contributed by atoms with van der Waals surface area (Å²) in [6.45, 7) is 2.45. The summed E-state index contributed by atoms with van der Waals surface area (Å²) in [6, 6.07) is 15.7. The van der Waals surface area contributed by atoms with Crippen LogP contribution in [0.4, 0.5) is 6.01 Å². The lowest BCUT2D eigenvalue weighted by molar-refractivity contribution is 0.102. The van der Waals surface area contributed by atoms with Crippen molar-refractivity contribution in [3.63, 3.8) is 0 Å². The predicted octanol–water partition coefficient (Wildman–Crippen LogP) is 4.18. The summed E-state index contributed by atoms with van der Waals surface area (Å²) in [5, 5.41) is 10.4. The molecular formula is C22H24N4O4S2. The van der Waals surface area contributed by atoms with Gasteiger partial charge in [0.25, 0.3) is 5.91 Å². The van der Waals surface area contributed by atoms with Crippen LogP contribution in [-0.4, -0.2) is 41.4 Å². The van der Waals surface area contributed by atoms with Gasteiger partial charge in [0.15, 0.2) is 0 Å². The van der Waals surface area contributed by atoms with E-state index in [0.29, 0.717) is 23.8 Å². The quantitative estimate of drug-likeness (QED) is 0.514. The van der Waals surface area contributed by atoms with Gasteiger partial charge in [0.1, 0.15) is 0 Å². The lowest BCUT2D eigenvalue weighted by atomic mass is 10.1. The third kappa shape index (κ3) is 5.20. The highest BCUT2D eigenvalue weighted by Crippen LogP contribution is 2.26. The molecule has 1 aliphatic heterocycles. The highest BCUT2D eigenvalue weighted by molar-refractivity contribution is 7.98. The molecule has 1 unspecified atom stereocenters. The van der Waals surface area contributed by atoms with E-state index in [0.717, 1.165) is 24.2 Å². The third-order valence-electron chi connectivity index (χ3n) is 5.26. The zero-order valence-corrected chi connectivity index (χ0v) is 19.2. The van der Waals surface area contributed by atoms with Gasteiger partial charge in [-0.15, -0.1) is 16.9 Å². The van der Waals surface area contributed by atoms with Crippen LogP contribution in [0.15, 0.2) is 68.8 Å². The zero-order chi connectivity index (χ0) is 22.6. The first-order chi connectivity index (χ1) is 15.4. The van der Waals surface area contributed by atoms with E-state index in [1.165, 1.54) is 24.3 Å². The van der Waals surface area contributed by atoms with Crippen LogP contribution < -0.4 is 5.32 Å². The number of carbonyl (C=O) groups excluding carboxylic acids is 1. The monoisotopic (exact) mass is 472 g/mol. The number of sulfonamides is 1. The first-order valence-corrected chi connectivity index (χ1v) is 12.8. The van der Waals surface area contributed by atoms with Gasteiger partial charge in [0, 0.05) is 23.0 Å². The van der Waals surface area contributed by atoms with Crippen molar-refractivity contribution < 1.29 is 17.6 Å². The number of rotatable bonds is 7. The summed E-state index contributed by atoms with van der Waals surface area (Å²) in [5.41, 5.74) is 0.300. The highest BCUT2D eigenvalue weighted by atomic mass is 32.2. The minimum absolute atomic E-state index is 0.00231. The molecule has 10 heteroatoms. The van der Waals surface area contributed by atoms with Crippen molar-refractivity contribution in [3.05, 3.63) is 66.1 Å². The molecule has 0 aliphatic carbocycles. The molecule has 1 aromatic heterocycles. The second-order valence-electron chi connectivity index (χ2n) is 7.54. The normalized spacial score (nSPS) is 17.2. The third-order valence-corrected chi connectivity index (χ3v) is 8.28. The molecule has 2 heterocycles. The number of amides is 1. The summed E-state index contributed by atoms with van der Waals surface area (Å²) in [7, 11) is -3.58. The predicted molar refractivity (Wildman–Crippen MR) is 122 cm³/mol. The van der Waals surface area contributed by atoms with Crippen molar-refractivity contribution in [1.82, 2.24) is 14.5 Å². The Morgan fingerprint density at radius 1 is 1.12 bits per heavy atom. The number of hydrogen-bond acceptors (Lipinski definition) is 7. The maximum atomic E-state index is 12.9. The Kier molecular flexibility index (Phi) is 6.92. The molecular weight excluding hydrogens is 448 g/mol. The van der Waals surface area contributed by atoms with E-state index in [4.69, 9.17) is 4.42 Å². The number of anilines is 1. The van der Waals surface area contributed by atoms with Crippen LogP contribution in [0.25, 0.3) is 0 Å². The number of nitrogens with zero attached hydrogens (tertiary/aromatic N) is 3. The fraction of sp³-hybridized carbons (Fsp3) is 0.318. The molecule has 1 aliphatic rings. The van der Waals surface area contributed by atoms with Crippen LogP contribution in [0.5, 0.6) is 0 Å². The second kappa shape index (κ2) is 9.85. The highest BCUT2D eigenvalue weighted by Gasteiger charge is 2.31. The molecule has 1 atom stereocenters. The van der Waals surface area contributed by atoms with Gasteiger partial charge < -0.3 is 4.42 Å². The summed E-state index contributed by atoms with van der Waals surface area (Å²) in [4.78, 5) is 13.8. The van der Waals surface area contributed by atoms with Crippen LogP contribution in [0.3, 0.4) is 0 Å². The fourth-order valence-electron chi connectivity index (χ4n) is 3.54. The summed E-state index contributed by atoms with van der Waals surface area (Å²) in [5.74, 6) is 0.423. The first-order valence-electron chi connectivity index (χ1n) is 10.4. The molecule has 168 valence electrons. The Balaban J connectivity index is 1.37. The molecule has 1 fully saturated rings. The Labute approximate surface area is 191 Å². The van der Waals surface area contributed by atoms with Crippen molar-refractivity contribution in [1.29, 1.82) is 0 Å². The maximum absolute atomic E-state index is 12.9. The van der Waals surface area contributed by atoms with Gasteiger partial charge in [-0.25, -0.2) is 8.42 Å². The van der Waals surface area contributed by atoms with Crippen molar-refractivity contribution in [3.8, 4) is 0 Å². The van der Waals surface area contributed by atoms with Crippen molar-refractivity contribution in [2.75, 3.05) is 11.9 Å². The number of hydrogen-bond donors (Lipinski definition) is 1. The number of carbonyl (C=O) groups is 1. The first kappa shape index (κ1) is 22.5. The Hall–Kier alpha value is -2.69. The van der Waals surface area contributed by atoms with E-state index in [1.54, 1.807) is 16.1 Å². The number of benzene rings is 2. The standard InChI is InChI=1S/C22H24N4O4S2/c1-16-7-5-6-14-26(16)32(28,29)19-12-10-17(11-13-19)21(27)23-22-25-24-20(30-22)15-31-18-8-3-2-4-9-18/h2-4,8-13,16H,5-7,14-15H2,1H3,(H,23,25,27). The van der Waals surface area contributed by atoms with Crippen LogP contribution in [0, 0.1) is 0 Å². The molecule has 0 spiro atoms. The SMILES string of the molecule is CC1CCCCN1S(=O)(=O)c1ccc(C(=O)Nc2nnc(CSc3ccccc3)o2)cc1. The summed E-state index contributed by atoms with van der Waals surface area (Å²) >= 11 is 1.55. The van der Waals surface area contributed by atoms with E-state index in [9.17, 15) is 13.2 Å². The summed E-state index contributed by atoms with van der Waals surface area (Å²) < 4.78 is 32.9. The maximum Gasteiger partial charge on any atom is 0.322 e. The van der Waals surface area contributed by atoms with E-state index in [1.807, 2.05) is 37.3 Å².